The van der Waals surface area contributed by atoms with Crippen molar-refractivity contribution in [1.82, 2.24) is 19.7 Å². The van der Waals surface area contributed by atoms with Crippen LogP contribution in [0, 0.1) is 5.41 Å². The molecule has 1 amide bonds. The summed E-state index contributed by atoms with van der Waals surface area (Å²) in [5.41, 5.74) is 1.57. The van der Waals surface area contributed by atoms with E-state index in [0.717, 1.165) is 16.7 Å². The van der Waals surface area contributed by atoms with E-state index in [0.29, 0.717) is 29.4 Å². The van der Waals surface area contributed by atoms with E-state index in [-0.39, 0.29) is 38.6 Å². The summed E-state index contributed by atoms with van der Waals surface area (Å²) in [7, 11) is 0. The van der Waals surface area contributed by atoms with E-state index < -0.39 is 28.7 Å². The van der Waals surface area contributed by atoms with E-state index in [1.165, 1.54) is 0 Å². The number of hydrogen-bond donors (Lipinski definition) is 0. The van der Waals surface area contributed by atoms with Gasteiger partial charge in [-0.05, 0) is 72.9 Å². The lowest BCUT2D eigenvalue weighted by Crippen LogP contribution is -2.62. The summed E-state index contributed by atoms with van der Waals surface area (Å²) >= 11 is 6.20. The lowest BCUT2D eigenvalue weighted by molar-refractivity contribution is -0.161. The molecule has 1 fully saturated rings. The van der Waals surface area contributed by atoms with Gasteiger partial charge in [0.05, 0.1) is 25.3 Å². The molecule has 2 aromatic rings. The van der Waals surface area contributed by atoms with Crippen LogP contribution in [0.25, 0.3) is 11.3 Å². The van der Waals surface area contributed by atoms with Gasteiger partial charge in [-0.25, -0.2) is 14.6 Å². The topological polar surface area (TPSA) is 113 Å². The monoisotopic (exact) mass is 560 g/mol. The van der Waals surface area contributed by atoms with Crippen molar-refractivity contribution < 1.29 is 28.6 Å². The minimum Gasteiger partial charge on any atom is -0.461 e. The highest BCUT2D eigenvalue weighted by Gasteiger charge is 2.50. The van der Waals surface area contributed by atoms with E-state index in [1.807, 2.05) is 20.8 Å². The lowest BCUT2D eigenvalue weighted by atomic mass is 9.76. The number of aryl methyl sites for hydroxylation is 1. The molecule has 0 aromatic carbocycles. The zero-order valence-corrected chi connectivity index (χ0v) is 24.5. The molecular weight excluding hydrogens is 524 g/mol. The number of pyridine rings is 1. The maximum atomic E-state index is 13.2. The number of hydrogen-bond acceptors (Lipinski definition) is 8. The molecule has 1 aliphatic heterocycles. The van der Waals surface area contributed by atoms with Crippen molar-refractivity contribution in [2.24, 2.45) is 5.41 Å². The third-order valence-electron chi connectivity index (χ3n) is 6.50. The lowest BCUT2D eigenvalue weighted by Gasteiger charge is -2.49. The van der Waals surface area contributed by atoms with Crippen LogP contribution < -0.4 is 0 Å². The minimum atomic E-state index is -0.714. The Morgan fingerprint density at radius 2 is 1.72 bits per heavy atom. The second kappa shape index (κ2) is 10.4. The Kier molecular flexibility index (Phi) is 7.73. The van der Waals surface area contributed by atoms with Crippen LogP contribution in [0.1, 0.15) is 76.5 Å². The number of aromatic nitrogens is 3. The van der Waals surface area contributed by atoms with Gasteiger partial charge in [-0.3, -0.25) is 9.48 Å². The van der Waals surface area contributed by atoms with Crippen molar-refractivity contribution in [3.05, 3.63) is 34.2 Å². The molecule has 0 spiro atoms. The van der Waals surface area contributed by atoms with E-state index in [1.54, 1.807) is 49.5 Å². The van der Waals surface area contributed by atoms with Gasteiger partial charge in [0.25, 0.3) is 0 Å². The Bertz CT molecular complexity index is 1280. The van der Waals surface area contributed by atoms with Gasteiger partial charge in [-0.1, -0.05) is 11.6 Å². The third-order valence-corrected chi connectivity index (χ3v) is 6.71. The van der Waals surface area contributed by atoms with Gasteiger partial charge in [-0.2, -0.15) is 5.10 Å². The standard InChI is InChI=1S/C28H37ClN4O6/c1-8-37-24(35)23-18-10-9-17-13-30-20(29)11-19(17)22(18)31-33(23)16-28(12-21(34)38-26(2,3)4)14-32(15-28)25(36)39-27(5,6)7/h11,13H,8-10,12,14-16H2,1-7H3. The molecule has 1 saturated heterocycles. The van der Waals surface area contributed by atoms with Gasteiger partial charge < -0.3 is 19.1 Å². The number of amides is 1. The van der Waals surface area contributed by atoms with Crippen molar-refractivity contribution in [3.8, 4) is 11.3 Å². The molecule has 0 N–H and O–H groups in total. The summed E-state index contributed by atoms with van der Waals surface area (Å²) in [5, 5.41) is 5.19. The van der Waals surface area contributed by atoms with E-state index in [4.69, 9.17) is 30.9 Å². The highest BCUT2D eigenvalue weighted by Crippen LogP contribution is 2.41. The summed E-state index contributed by atoms with van der Waals surface area (Å²) in [6.45, 7) is 13.5. The third kappa shape index (κ3) is 6.54. The van der Waals surface area contributed by atoms with Crippen LogP contribution in [-0.2, 0) is 38.4 Å². The van der Waals surface area contributed by atoms with Crippen LogP contribution in [0.4, 0.5) is 4.79 Å². The first-order valence-electron chi connectivity index (χ1n) is 13.2. The number of fused-ring (bicyclic) bond motifs is 3. The number of nitrogens with zero attached hydrogens (tertiary/aromatic N) is 4. The number of halogens is 1. The molecule has 3 heterocycles. The number of ether oxygens (including phenoxy) is 3. The summed E-state index contributed by atoms with van der Waals surface area (Å²) in [6, 6.07) is 1.76. The number of likely N-dealkylation sites (tertiary alicyclic amines) is 1. The largest absolute Gasteiger partial charge is 0.461 e. The second-order valence-corrected chi connectivity index (χ2v) is 12.7. The highest BCUT2D eigenvalue weighted by molar-refractivity contribution is 6.29. The summed E-state index contributed by atoms with van der Waals surface area (Å²) in [5.74, 6) is -0.866. The molecule has 0 atom stereocenters. The Labute approximate surface area is 233 Å². The quantitative estimate of drug-likeness (QED) is 0.280. The van der Waals surface area contributed by atoms with Crippen molar-refractivity contribution in [2.45, 2.75) is 85.5 Å². The van der Waals surface area contributed by atoms with E-state index in [2.05, 4.69) is 4.98 Å². The first-order chi connectivity index (χ1) is 18.1. The molecule has 2 aliphatic rings. The van der Waals surface area contributed by atoms with Gasteiger partial charge in [0.15, 0.2) is 0 Å². The number of carbonyl (C=O) groups is 3. The van der Waals surface area contributed by atoms with Crippen LogP contribution in [0.15, 0.2) is 12.3 Å². The predicted octanol–water partition coefficient (Wildman–Crippen LogP) is 4.84. The zero-order valence-electron chi connectivity index (χ0n) is 23.7. The smallest absolute Gasteiger partial charge is 0.410 e. The molecular formula is C28H37ClN4O6. The van der Waals surface area contributed by atoms with Crippen molar-refractivity contribution >= 4 is 29.6 Å². The maximum Gasteiger partial charge on any atom is 0.410 e. The molecule has 0 saturated carbocycles. The fourth-order valence-electron chi connectivity index (χ4n) is 5.12. The average molecular weight is 561 g/mol. The molecule has 212 valence electrons. The molecule has 0 bridgehead atoms. The van der Waals surface area contributed by atoms with Crippen LogP contribution in [0.3, 0.4) is 0 Å². The Hall–Kier alpha value is -3.14. The molecule has 39 heavy (non-hydrogen) atoms. The molecule has 4 rings (SSSR count). The van der Waals surface area contributed by atoms with Crippen LogP contribution in [0.5, 0.6) is 0 Å². The van der Waals surface area contributed by atoms with Crippen LogP contribution in [0.2, 0.25) is 5.15 Å². The van der Waals surface area contributed by atoms with Gasteiger partial charge in [0.2, 0.25) is 0 Å². The first kappa shape index (κ1) is 28.9. The van der Waals surface area contributed by atoms with E-state index >= 15 is 0 Å². The van der Waals surface area contributed by atoms with Crippen molar-refractivity contribution in [1.29, 1.82) is 0 Å². The maximum absolute atomic E-state index is 13.2. The number of esters is 2. The fraction of sp³-hybridized carbons (Fsp3) is 0.607. The molecule has 0 unspecified atom stereocenters. The van der Waals surface area contributed by atoms with Crippen molar-refractivity contribution in [3.63, 3.8) is 0 Å². The average Bonchev–Trinajstić information content (AvgIpc) is 3.13. The van der Waals surface area contributed by atoms with E-state index in [9.17, 15) is 14.4 Å². The first-order valence-corrected chi connectivity index (χ1v) is 13.6. The molecule has 2 aromatic heterocycles. The summed E-state index contributed by atoms with van der Waals surface area (Å²) < 4.78 is 18.2. The minimum absolute atomic E-state index is 0.0443. The Morgan fingerprint density at radius 1 is 1.05 bits per heavy atom. The Morgan fingerprint density at radius 3 is 2.33 bits per heavy atom. The Balaban J connectivity index is 1.71. The predicted molar refractivity (Wildman–Crippen MR) is 145 cm³/mol. The van der Waals surface area contributed by atoms with Crippen LogP contribution in [-0.4, -0.2) is 68.6 Å². The molecule has 10 nitrogen and oxygen atoms in total. The SMILES string of the molecule is CCOC(=O)c1c2c(nn1CC1(CC(=O)OC(C)(C)C)CN(C(=O)OC(C)(C)C)C1)-c1cc(Cl)ncc1CC2. The molecule has 1 aliphatic carbocycles. The zero-order chi connectivity index (χ0) is 28.8. The van der Waals surface area contributed by atoms with Gasteiger partial charge in [0, 0.05) is 35.8 Å². The van der Waals surface area contributed by atoms with Crippen molar-refractivity contribution in [2.75, 3.05) is 19.7 Å². The van der Waals surface area contributed by atoms with Gasteiger partial charge in [-0.15, -0.1) is 0 Å². The molecule has 0 radical (unpaired) electrons. The fourth-order valence-corrected chi connectivity index (χ4v) is 5.28. The highest BCUT2D eigenvalue weighted by atomic mass is 35.5. The summed E-state index contributed by atoms with van der Waals surface area (Å²) in [4.78, 5) is 44.7. The van der Waals surface area contributed by atoms with Crippen LogP contribution >= 0.6 is 11.6 Å². The van der Waals surface area contributed by atoms with Gasteiger partial charge >= 0.3 is 18.0 Å². The van der Waals surface area contributed by atoms with Gasteiger partial charge in [0.1, 0.15) is 22.0 Å². The second-order valence-electron chi connectivity index (χ2n) is 12.3. The molecule has 11 heteroatoms. The number of rotatable bonds is 6. The summed E-state index contributed by atoms with van der Waals surface area (Å²) in [6.07, 6.45) is 2.59. The number of carbonyl (C=O) groups excluding carboxylic acids is 3. The normalized spacial score (nSPS) is 16.1.